The van der Waals surface area contributed by atoms with Gasteiger partial charge in [0.05, 0.1) is 6.61 Å². The number of rotatable bonds is 8. The molecule has 0 aliphatic carbocycles. The minimum absolute atomic E-state index is 0.0594. The average Bonchev–Trinajstić information content (AvgIpc) is 2.93. The number of piperidine rings is 1. The molecule has 0 aromatic rings. The summed E-state index contributed by atoms with van der Waals surface area (Å²) in [5, 5.41) is 12.3. The lowest BCUT2D eigenvalue weighted by Gasteiger charge is -2.34. The first-order valence-electron chi connectivity index (χ1n) is 8.60. The highest BCUT2D eigenvalue weighted by molar-refractivity contribution is 5.78. The molecule has 0 bridgehead atoms. The van der Waals surface area contributed by atoms with Crippen molar-refractivity contribution in [2.24, 2.45) is 0 Å². The maximum Gasteiger partial charge on any atom is 0.222 e. The molecule has 2 rings (SSSR count). The zero-order chi connectivity index (χ0) is 15.8. The van der Waals surface area contributed by atoms with Crippen molar-refractivity contribution in [1.29, 1.82) is 0 Å². The molecule has 1 atom stereocenters. The lowest BCUT2D eigenvalue weighted by atomic mass is 10.0. The first-order valence-corrected chi connectivity index (χ1v) is 8.60. The van der Waals surface area contributed by atoms with Crippen LogP contribution in [0.4, 0.5) is 0 Å². The Morgan fingerprint density at radius 3 is 2.82 bits per heavy atom. The number of likely N-dealkylation sites (tertiary alicyclic amines) is 2. The van der Waals surface area contributed by atoms with Crippen LogP contribution >= 0.6 is 0 Å². The fourth-order valence-electron chi connectivity index (χ4n) is 3.36. The number of carbonyl (C=O) groups is 2. The Kier molecular flexibility index (Phi) is 7.12. The van der Waals surface area contributed by atoms with Crippen LogP contribution in [-0.2, 0) is 9.59 Å². The number of amides is 2. The molecule has 2 N–H and O–H groups in total. The SMILES string of the molecule is O=C(CCCN1CCCC1=O)NCCN1CCCC[C@H]1CO. The number of aliphatic hydroxyl groups excluding tert-OH is 1. The highest BCUT2D eigenvalue weighted by atomic mass is 16.3. The van der Waals surface area contributed by atoms with Crippen LogP contribution in [0.1, 0.15) is 44.9 Å². The van der Waals surface area contributed by atoms with E-state index in [1.165, 1.54) is 12.8 Å². The molecule has 22 heavy (non-hydrogen) atoms. The minimum atomic E-state index is 0.0594. The summed E-state index contributed by atoms with van der Waals surface area (Å²) in [7, 11) is 0. The number of aliphatic hydroxyl groups is 1. The van der Waals surface area contributed by atoms with E-state index in [2.05, 4.69) is 10.2 Å². The molecule has 2 amide bonds. The predicted octanol–water partition coefficient (Wildman–Crippen LogP) is 0.352. The summed E-state index contributed by atoms with van der Waals surface area (Å²) in [6.45, 7) is 4.21. The van der Waals surface area contributed by atoms with Crippen LogP contribution in [0.5, 0.6) is 0 Å². The van der Waals surface area contributed by atoms with Gasteiger partial charge >= 0.3 is 0 Å². The van der Waals surface area contributed by atoms with Gasteiger partial charge in [-0.1, -0.05) is 6.42 Å². The third kappa shape index (κ3) is 5.25. The van der Waals surface area contributed by atoms with E-state index in [4.69, 9.17) is 0 Å². The molecule has 2 heterocycles. The van der Waals surface area contributed by atoms with Crippen LogP contribution < -0.4 is 5.32 Å². The van der Waals surface area contributed by atoms with Gasteiger partial charge in [0.2, 0.25) is 11.8 Å². The van der Waals surface area contributed by atoms with Crippen molar-refractivity contribution in [3.05, 3.63) is 0 Å². The summed E-state index contributed by atoms with van der Waals surface area (Å²) in [5.41, 5.74) is 0. The van der Waals surface area contributed by atoms with Gasteiger partial charge < -0.3 is 15.3 Å². The van der Waals surface area contributed by atoms with Gasteiger partial charge in [0.15, 0.2) is 0 Å². The zero-order valence-electron chi connectivity index (χ0n) is 13.4. The molecule has 2 aliphatic rings. The van der Waals surface area contributed by atoms with Crippen LogP contribution in [-0.4, -0.2) is 72.1 Å². The van der Waals surface area contributed by atoms with E-state index in [1.54, 1.807) is 0 Å². The second kappa shape index (κ2) is 9.10. The summed E-state index contributed by atoms with van der Waals surface area (Å²) in [4.78, 5) is 27.4. The Labute approximate surface area is 132 Å². The number of nitrogens with zero attached hydrogens (tertiary/aromatic N) is 2. The molecular formula is C16H29N3O3. The van der Waals surface area contributed by atoms with Crippen molar-refractivity contribution in [2.75, 3.05) is 39.3 Å². The summed E-state index contributed by atoms with van der Waals surface area (Å²) < 4.78 is 0. The van der Waals surface area contributed by atoms with E-state index in [-0.39, 0.29) is 24.5 Å². The standard InChI is InChI=1S/C16H29N3O3/c20-13-14-5-1-2-9-18(14)12-8-17-15(21)6-3-10-19-11-4-7-16(19)22/h14,20H,1-13H2,(H,17,21)/t14-/m0/s1. The summed E-state index contributed by atoms with van der Waals surface area (Å²) >= 11 is 0. The van der Waals surface area contributed by atoms with Crippen LogP contribution in [0.25, 0.3) is 0 Å². The number of nitrogens with one attached hydrogen (secondary N) is 1. The molecule has 0 unspecified atom stereocenters. The second-order valence-corrected chi connectivity index (χ2v) is 6.31. The van der Waals surface area contributed by atoms with E-state index < -0.39 is 0 Å². The molecule has 0 radical (unpaired) electrons. The monoisotopic (exact) mass is 311 g/mol. The Hall–Kier alpha value is -1.14. The van der Waals surface area contributed by atoms with Crippen LogP contribution in [0, 0.1) is 0 Å². The van der Waals surface area contributed by atoms with Crippen LogP contribution in [0.15, 0.2) is 0 Å². The van der Waals surface area contributed by atoms with Gasteiger partial charge in [-0.15, -0.1) is 0 Å². The summed E-state index contributed by atoms with van der Waals surface area (Å²) in [6, 6.07) is 0.256. The van der Waals surface area contributed by atoms with Crippen molar-refractivity contribution in [3.63, 3.8) is 0 Å². The van der Waals surface area contributed by atoms with Gasteiger partial charge in [0, 0.05) is 45.1 Å². The third-order valence-corrected chi connectivity index (χ3v) is 4.68. The lowest BCUT2D eigenvalue weighted by Crippen LogP contribution is -2.45. The fourth-order valence-corrected chi connectivity index (χ4v) is 3.36. The quantitative estimate of drug-likeness (QED) is 0.678. The highest BCUT2D eigenvalue weighted by Crippen LogP contribution is 2.15. The van der Waals surface area contributed by atoms with Crippen LogP contribution in [0.2, 0.25) is 0 Å². The van der Waals surface area contributed by atoms with E-state index >= 15 is 0 Å². The smallest absolute Gasteiger partial charge is 0.222 e. The molecule has 0 aromatic heterocycles. The van der Waals surface area contributed by atoms with Gasteiger partial charge in [-0.05, 0) is 32.2 Å². The van der Waals surface area contributed by atoms with E-state index in [1.807, 2.05) is 4.90 Å². The normalized spacial score (nSPS) is 23.0. The molecule has 2 fully saturated rings. The van der Waals surface area contributed by atoms with Gasteiger partial charge in [0.25, 0.3) is 0 Å². The summed E-state index contributed by atoms with van der Waals surface area (Å²) in [5.74, 6) is 0.282. The molecule has 6 nitrogen and oxygen atoms in total. The average molecular weight is 311 g/mol. The molecule has 0 spiro atoms. The van der Waals surface area contributed by atoms with Gasteiger partial charge in [-0.2, -0.15) is 0 Å². The van der Waals surface area contributed by atoms with Crippen molar-refractivity contribution >= 4 is 11.8 Å². The van der Waals surface area contributed by atoms with Crippen molar-refractivity contribution in [3.8, 4) is 0 Å². The Balaban J connectivity index is 1.54. The molecular weight excluding hydrogens is 282 g/mol. The van der Waals surface area contributed by atoms with Gasteiger partial charge in [0.1, 0.15) is 0 Å². The maximum absolute atomic E-state index is 11.8. The van der Waals surface area contributed by atoms with E-state index in [9.17, 15) is 14.7 Å². The molecule has 2 aliphatic heterocycles. The second-order valence-electron chi connectivity index (χ2n) is 6.31. The van der Waals surface area contributed by atoms with Gasteiger partial charge in [-0.3, -0.25) is 14.5 Å². The topological polar surface area (TPSA) is 72.9 Å². The first kappa shape index (κ1) is 17.2. The predicted molar refractivity (Wildman–Crippen MR) is 84.4 cm³/mol. The van der Waals surface area contributed by atoms with Crippen molar-refractivity contribution < 1.29 is 14.7 Å². The molecule has 126 valence electrons. The lowest BCUT2D eigenvalue weighted by molar-refractivity contribution is -0.128. The summed E-state index contributed by atoms with van der Waals surface area (Å²) in [6.07, 6.45) is 6.24. The molecule has 0 saturated carbocycles. The first-order chi connectivity index (χ1) is 10.7. The number of hydrogen-bond acceptors (Lipinski definition) is 4. The minimum Gasteiger partial charge on any atom is -0.395 e. The molecule has 2 saturated heterocycles. The zero-order valence-corrected chi connectivity index (χ0v) is 13.4. The largest absolute Gasteiger partial charge is 0.395 e. The van der Waals surface area contributed by atoms with Crippen molar-refractivity contribution in [2.45, 2.75) is 51.0 Å². The van der Waals surface area contributed by atoms with Crippen LogP contribution in [0.3, 0.4) is 0 Å². The fraction of sp³-hybridized carbons (Fsp3) is 0.875. The molecule has 6 heteroatoms. The van der Waals surface area contributed by atoms with E-state index in [0.717, 1.165) is 38.9 Å². The highest BCUT2D eigenvalue weighted by Gasteiger charge is 2.21. The van der Waals surface area contributed by atoms with Gasteiger partial charge in [-0.25, -0.2) is 0 Å². The maximum atomic E-state index is 11.8. The third-order valence-electron chi connectivity index (χ3n) is 4.68. The number of hydrogen-bond donors (Lipinski definition) is 2. The number of carbonyl (C=O) groups excluding carboxylic acids is 2. The Morgan fingerprint density at radius 1 is 1.23 bits per heavy atom. The molecule has 0 aromatic carbocycles. The van der Waals surface area contributed by atoms with Crippen molar-refractivity contribution in [1.82, 2.24) is 15.1 Å². The van der Waals surface area contributed by atoms with E-state index in [0.29, 0.717) is 25.9 Å². The Morgan fingerprint density at radius 2 is 2.09 bits per heavy atom. The Bertz CT molecular complexity index is 376.